The zero-order valence-electron chi connectivity index (χ0n) is 16.9. The Kier molecular flexibility index (Phi) is 7.05. The van der Waals surface area contributed by atoms with Crippen molar-refractivity contribution in [2.75, 3.05) is 17.7 Å². The van der Waals surface area contributed by atoms with E-state index in [4.69, 9.17) is 21.6 Å². The van der Waals surface area contributed by atoms with Crippen LogP contribution in [0.25, 0.3) is 11.4 Å². The second kappa shape index (κ2) is 10.1. The molecule has 1 aromatic heterocycles. The van der Waals surface area contributed by atoms with E-state index >= 15 is 0 Å². The largest absolute Gasteiger partial charge is 0.376 e. The molecule has 10 heteroatoms. The maximum absolute atomic E-state index is 13.4. The summed E-state index contributed by atoms with van der Waals surface area (Å²) in [6.07, 6.45) is 1.97. The average molecular weight is 472 g/mol. The minimum absolute atomic E-state index is 0.0409. The van der Waals surface area contributed by atoms with Gasteiger partial charge in [-0.2, -0.15) is 5.26 Å². The lowest BCUT2D eigenvalue weighted by Gasteiger charge is -2.14. The smallest absolute Gasteiger partial charge is 0.234 e. The Hall–Kier alpha value is -2.93. The first-order valence-corrected chi connectivity index (χ1v) is 11.3. The Morgan fingerprint density at radius 1 is 1.31 bits per heavy atom. The number of halogens is 2. The van der Waals surface area contributed by atoms with Crippen molar-refractivity contribution in [3.05, 3.63) is 58.9 Å². The third-order valence-corrected chi connectivity index (χ3v) is 6.21. The molecule has 0 bridgehead atoms. The quantitative estimate of drug-likeness (QED) is 0.509. The van der Waals surface area contributed by atoms with Gasteiger partial charge in [-0.15, -0.1) is 10.2 Å². The maximum Gasteiger partial charge on any atom is 0.234 e. The summed E-state index contributed by atoms with van der Waals surface area (Å²) in [4.78, 5) is 12.5. The fourth-order valence-corrected chi connectivity index (χ4v) is 4.35. The van der Waals surface area contributed by atoms with E-state index in [1.54, 1.807) is 24.3 Å². The van der Waals surface area contributed by atoms with E-state index in [0.717, 1.165) is 25.0 Å². The molecule has 1 saturated heterocycles. The number of aromatic nitrogens is 3. The van der Waals surface area contributed by atoms with Gasteiger partial charge in [-0.1, -0.05) is 23.4 Å². The summed E-state index contributed by atoms with van der Waals surface area (Å²) >= 11 is 7.27. The van der Waals surface area contributed by atoms with E-state index in [0.29, 0.717) is 28.8 Å². The molecular weight excluding hydrogens is 453 g/mol. The highest BCUT2D eigenvalue weighted by atomic mass is 35.5. The zero-order valence-corrected chi connectivity index (χ0v) is 18.5. The highest BCUT2D eigenvalue weighted by Gasteiger charge is 2.22. The van der Waals surface area contributed by atoms with Gasteiger partial charge in [0.2, 0.25) is 5.91 Å². The van der Waals surface area contributed by atoms with Gasteiger partial charge in [0, 0.05) is 17.9 Å². The van der Waals surface area contributed by atoms with Crippen LogP contribution in [0.1, 0.15) is 18.4 Å². The Bertz CT molecular complexity index is 1160. The summed E-state index contributed by atoms with van der Waals surface area (Å²) in [6, 6.07) is 12.8. The lowest BCUT2D eigenvalue weighted by atomic mass is 10.2. The molecule has 1 atom stereocenters. The van der Waals surface area contributed by atoms with Crippen molar-refractivity contribution in [2.45, 2.75) is 30.6 Å². The van der Waals surface area contributed by atoms with Crippen molar-refractivity contribution in [3.8, 4) is 17.5 Å². The fraction of sp³-hybridized carbons (Fsp3) is 0.273. The molecule has 1 N–H and O–H groups in total. The normalized spacial score (nSPS) is 15.5. The van der Waals surface area contributed by atoms with E-state index in [1.807, 2.05) is 10.6 Å². The summed E-state index contributed by atoms with van der Waals surface area (Å²) in [5.41, 5.74) is 1.59. The van der Waals surface area contributed by atoms with E-state index in [-0.39, 0.29) is 28.6 Å². The molecule has 4 rings (SSSR count). The minimum atomic E-state index is -0.326. The second-order valence-electron chi connectivity index (χ2n) is 7.20. The molecule has 0 saturated carbocycles. The number of hydrogen-bond acceptors (Lipinski definition) is 6. The molecule has 32 heavy (non-hydrogen) atoms. The van der Waals surface area contributed by atoms with E-state index in [9.17, 15) is 9.18 Å². The van der Waals surface area contributed by atoms with Gasteiger partial charge in [-0.3, -0.25) is 9.36 Å². The number of hydrogen-bond donors (Lipinski definition) is 1. The van der Waals surface area contributed by atoms with Gasteiger partial charge >= 0.3 is 0 Å². The first-order chi connectivity index (χ1) is 15.5. The molecule has 164 valence electrons. The third-order valence-electron chi connectivity index (χ3n) is 4.94. The van der Waals surface area contributed by atoms with Gasteiger partial charge in [0.1, 0.15) is 11.9 Å². The Labute approximate surface area is 193 Å². The number of benzene rings is 2. The monoisotopic (exact) mass is 471 g/mol. The van der Waals surface area contributed by atoms with Crippen molar-refractivity contribution < 1.29 is 13.9 Å². The number of carbonyl (C=O) groups is 1. The number of rotatable bonds is 7. The van der Waals surface area contributed by atoms with Crippen LogP contribution in [-0.4, -0.2) is 39.1 Å². The number of nitriles is 1. The van der Waals surface area contributed by atoms with E-state index in [1.165, 1.54) is 30.0 Å². The molecule has 1 amide bonds. The minimum Gasteiger partial charge on any atom is -0.376 e. The first-order valence-electron chi connectivity index (χ1n) is 9.96. The molecule has 7 nitrogen and oxygen atoms in total. The van der Waals surface area contributed by atoms with Crippen LogP contribution in [0.3, 0.4) is 0 Å². The zero-order chi connectivity index (χ0) is 22.5. The number of nitrogens with zero attached hydrogens (tertiary/aromatic N) is 4. The Balaban J connectivity index is 1.48. The first kappa shape index (κ1) is 22.3. The van der Waals surface area contributed by atoms with Gasteiger partial charge in [-0.05, 0) is 55.3 Å². The van der Waals surface area contributed by atoms with Gasteiger partial charge < -0.3 is 10.1 Å². The van der Waals surface area contributed by atoms with Gasteiger partial charge in [0.05, 0.1) is 29.0 Å². The van der Waals surface area contributed by atoms with Crippen LogP contribution in [-0.2, 0) is 16.1 Å². The maximum atomic E-state index is 13.4. The standard InChI is InChI=1S/C22H19ClFN5O2S/c23-19-10-17(8-5-15(19)11-25)26-20(30)13-32-22-28-27-21(14-3-6-16(24)7-4-14)29(22)12-18-2-1-9-31-18/h3-8,10,18H,1-2,9,12-13H2,(H,26,30). The van der Waals surface area contributed by atoms with Crippen LogP contribution in [0.2, 0.25) is 5.02 Å². The topological polar surface area (TPSA) is 92.8 Å². The molecule has 2 aromatic carbocycles. The van der Waals surface area contributed by atoms with Crippen molar-refractivity contribution in [2.24, 2.45) is 0 Å². The SMILES string of the molecule is N#Cc1ccc(NC(=O)CSc2nnc(-c3ccc(F)cc3)n2CC2CCCO2)cc1Cl. The van der Waals surface area contributed by atoms with Crippen LogP contribution >= 0.6 is 23.4 Å². The molecule has 0 radical (unpaired) electrons. The van der Waals surface area contributed by atoms with Crippen LogP contribution in [0.15, 0.2) is 47.6 Å². The molecule has 1 aliphatic rings. The number of nitrogens with one attached hydrogen (secondary N) is 1. The molecule has 1 aliphatic heterocycles. The number of ether oxygens (including phenoxy) is 1. The molecule has 1 fully saturated rings. The third kappa shape index (κ3) is 5.27. The van der Waals surface area contributed by atoms with Crippen molar-refractivity contribution in [1.82, 2.24) is 14.8 Å². The summed E-state index contributed by atoms with van der Waals surface area (Å²) in [7, 11) is 0. The van der Waals surface area contributed by atoms with Crippen LogP contribution in [0.5, 0.6) is 0 Å². The predicted octanol–water partition coefficient (Wildman–Crippen LogP) is 4.52. The summed E-state index contributed by atoms with van der Waals surface area (Å²) < 4.78 is 21.0. The van der Waals surface area contributed by atoms with Crippen molar-refractivity contribution in [1.29, 1.82) is 5.26 Å². The summed E-state index contributed by atoms with van der Waals surface area (Å²) in [5, 5.41) is 21.1. The summed E-state index contributed by atoms with van der Waals surface area (Å²) in [6.45, 7) is 1.27. The van der Waals surface area contributed by atoms with Gasteiger partial charge in [-0.25, -0.2) is 4.39 Å². The Morgan fingerprint density at radius 3 is 2.81 bits per heavy atom. The van der Waals surface area contributed by atoms with Crippen molar-refractivity contribution in [3.63, 3.8) is 0 Å². The van der Waals surface area contributed by atoms with Crippen LogP contribution in [0.4, 0.5) is 10.1 Å². The second-order valence-corrected chi connectivity index (χ2v) is 8.55. The molecule has 3 aromatic rings. The van der Waals surface area contributed by atoms with Crippen LogP contribution in [0, 0.1) is 17.1 Å². The predicted molar refractivity (Wildman–Crippen MR) is 120 cm³/mol. The van der Waals surface area contributed by atoms with Crippen LogP contribution < -0.4 is 5.32 Å². The van der Waals surface area contributed by atoms with Gasteiger partial charge in [0.25, 0.3) is 0 Å². The van der Waals surface area contributed by atoms with E-state index in [2.05, 4.69) is 15.5 Å². The molecular formula is C22H19ClFN5O2S. The lowest BCUT2D eigenvalue weighted by Crippen LogP contribution is -2.18. The number of carbonyl (C=O) groups excluding carboxylic acids is 1. The number of thioether (sulfide) groups is 1. The van der Waals surface area contributed by atoms with Gasteiger partial charge in [0.15, 0.2) is 11.0 Å². The van der Waals surface area contributed by atoms with E-state index < -0.39 is 0 Å². The lowest BCUT2D eigenvalue weighted by molar-refractivity contribution is -0.113. The fourth-order valence-electron chi connectivity index (χ4n) is 3.38. The highest BCUT2D eigenvalue weighted by molar-refractivity contribution is 7.99. The number of anilines is 1. The Morgan fingerprint density at radius 2 is 2.12 bits per heavy atom. The highest BCUT2D eigenvalue weighted by Crippen LogP contribution is 2.27. The molecule has 1 unspecified atom stereocenters. The summed E-state index contributed by atoms with van der Waals surface area (Å²) in [5.74, 6) is 0.131. The average Bonchev–Trinajstić information content (AvgIpc) is 3.44. The number of amides is 1. The molecule has 0 aliphatic carbocycles. The molecule has 2 heterocycles. The van der Waals surface area contributed by atoms with Crippen molar-refractivity contribution >= 4 is 35.0 Å². The molecule has 0 spiro atoms.